The van der Waals surface area contributed by atoms with Gasteiger partial charge in [0.15, 0.2) is 0 Å². The molecule has 1 rings (SSSR count). The molecule has 0 aliphatic rings. The Labute approximate surface area is 90.2 Å². The highest BCUT2D eigenvalue weighted by Crippen LogP contribution is 2.21. The van der Waals surface area contributed by atoms with Crippen molar-refractivity contribution in [2.24, 2.45) is 11.7 Å². The summed E-state index contributed by atoms with van der Waals surface area (Å²) in [7, 11) is 1.63. The Kier molecular flexibility index (Phi) is 4.16. The van der Waals surface area contributed by atoms with Gasteiger partial charge in [-0.15, -0.1) is 0 Å². The SMILES string of the molecule is CCC(Cc1ccccc1OC)C(N)=O. The number of carbonyl (C=O) groups excluding carboxylic acids is 1. The number of amides is 1. The number of hydrogen-bond donors (Lipinski definition) is 1. The zero-order chi connectivity index (χ0) is 11.3. The first-order valence-corrected chi connectivity index (χ1v) is 5.10. The lowest BCUT2D eigenvalue weighted by atomic mass is 9.96. The summed E-state index contributed by atoms with van der Waals surface area (Å²) in [6.45, 7) is 1.96. The number of ether oxygens (including phenoxy) is 1. The average Bonchev–Trinajstić information content (AvgIpc) is 2.25. The third kappa shape index (κ3) is 2.98. The zero-order valence-corrected chi connectivity index (χ0v) is 9.19. The molecule has 0 heterocycles. The minimum absolute atomic E-state index is 0.110. The maximum atomic E-state index is 11.1. The van der Waals surface area contributed by atoms with E-state index in [1.54, 1.807) is 7.11 Å². The minimum Gasteiger partial charge on any atom is -0.496 e. The van der Waals surface area contributed by atoms with E-state index in [4.69, 9.17) is 10.5 Å². The third-order valence-corrected chi connectivity index (χ3v) is 2.55. The molecule has 3 heteroatoms. The van der Waals surface area contributed by atoms with Crippen LogP contribution >= 0.6 is 0 Å². The van der Waals surface area contributed by atoms with Gasteiger partial charge in [-0.25, -0.2) is 0 Å². The molecule has 1 unspecified atom stereocenters. The molecule has 1 aromatic carbocycles. The first-order chi connectivity index (χ1) is 7.19. The smallest absolute Gasteiger partial charge is 0.220 e. The molecule has 0 saturated heterocycles. The van der Waals surface area contributed by atoms with Crippen LogP contribution in [0.25, 0.3) is 0 Å². The number of hydrogen-bond acceptors (Lipinski definition) is 2. The standard InChI is InChI=1S/C12H17NO2/c1-3-9(12(13)14)8-10-6-4-5-7-11(10)15-2/h4-7,9H,3,8H2,1-2H3,(H2,13,14). The van der Waals surface area contributed by atoms with Crippen LogP contribution in [0.4, 0.5) is 0 Å². The summed E-state index contributed by atoms with van der Waals surface area (Å²) < 4.78 is 5.22. The second kappa shape index (κ2) is 5.39. The van der Waals surface area contributed by atoms with Gasteiger partial charge in [-0.05, 0) is 24.5 Å². The quantitative estimate of drug-likeness (QED) is 0.799. The predicted octanol–water partition coefficient (Wildman–Crippen LogP) is 1.75. The predicted molar refractivity (Wildman–Crippen MR) is 59.7 cm³/mol. The fraction of sp³-hybridized carbons (Fsp3) is 0.417. The van der Waals surface area contributed by atoms with E-state index in [1.165, 1.54) is 0 Å². The van der Waals surface area contributed by atoms with E-state index >= 15 is 0 Å². The van der Waals surface area contributed by atoms with E-state index in [2.05, 4.69) is 0 Å². The Morgan fingerprint density at radius 3 is 2.67 bits per heavy atom. The van der Waals surface area contributed by atoms with Gasteiger partial charge in [0.2, 0.25) is 5.91 Å². The first kappa shape index (κ1) is 11.6. The lowest BCUT2D eigenvalue weighted by molar-refractivity contribution is -0.121. The summed E-state index contributed by atoms with van der Waals surface area (Å²) in [6, 6.07) is 7.70. The highest BCUT2D eigenvalue weighted by molar-refractivity contribution is 5.77. The van der Waals surface area contributed by atoms with Crippen LogP contribution in [-0.2, 0) is 11.2 Å². The van der Waals surface area contributed by atoms with Gasteiger partial charge in [-0.3, -0.25) is 4.79 Å². The lowest BCUT2D eigenvalue weighted by Crippen LogP contribution is -2.24. The number of benzene rings is 1. The Morgan fingerprint density at radius 2 is 2.13 bits per heavy atom. The molecule has 0 aromatic heterocycles. The van der Waals surface area contributed by atoms with Crippen LogP contribution in [0.15, 0.2) is 24.3 Å². The van der Waals surface area contributed by atoms with Gasteiger partial charge in [0.1, 0.15) is 5.75 Å². The number of nitrogens with two attached hydrogens (primary N) is 1. The molecular formula is C12H17NO2. The van der Waals surface area contributed by atoms with E-state index in [-0.39, 0.29) is 11.8 Å². The van der Waals surface area contributed by atoms with Crippen molar-refractivity contribution in [3.63, 3.8) is 0 Å². The Bertz CT molecular complexity index is 336. The number of para-hydroxylation sites is 1. The topological polar surface area (TPSA) is 52.3 Å². The molecule has 1 atom stereocenters. The summed E-state index contributed by atoms with van der Waals surface area (Å²) in [5.41, 5.74) is 6.34. The number of primary amides is 1. The molecule has 1 amide bonds. The molecule has 0 spiro atoms. The van der Waals surface area contributed by atoms with Crippen molar-refractivity contribution < 1.29 is 9.53 Å². The molecule has 1 aromatic rings. The van der Waals surface area contributed by atoms with Gasteiger partial charge in [-0.1, -0.05) is 25.1 Å². The molecule has 3 nitrogen and oxygen atoms in total. The number of carbonyl (C=O) groups is 1. The second-order valence-electron chi connectivity index (χ2n) is 3.52. The molecule has 0 radical (unpaired) electrons. The maximum absolute atomic E-state index is 11.1. The summed E-state index contributed by atoms with van der Waals surface area (Å²) >= 11 is 0. The molecule has 0 fully saturated rings. The van der Waals surface area contributed by atoms with Crippen molar-refractivity contribution in [2.75, 3.05) is 7.11 Å². The van der Waals surface area contributed by atoms with Crippen molar-refractivity contribution in [1.29, 1.82) is 0 Å². The molecule has 0 saturated carbocycles. The highest BCUT2D eigenvalue weighted by atomic mass is 16.5. The average molecular weight is 207 g/mol. The van der Waals surface area contributed by atoms with Crippen molar-refractivity contribution >= 4 is 5.91 Å². The molecule has 0 bridgehead atoms. The van der Waals surface area contributed by atoms with Crippen LogP contribution in [-0.4, -0.2) is 13.0 Å². The van der Waals surface area contributed by atoms with Crippen LogP contribution in [0.2, 0.25) is 0 Å². The van der Waals surface area contributed by atoms with Crippen LogP contribution in [0.3, 0.4) is 0 Å². The van der Waals surface area contributed by atoms with E-state index in [9.17, 15) is 4.79 Å². The maximum Gasteiger partial charge on any atom is 0.220 e. The fourth-order valence-electron chi connectivity index (χ4n) is 1.58. The largest absolute Gasteiger partial charge is 0.496 e. The van der Waals surface area contributed by atoms with Gasteiger partial charge in [0, 0.05) is 5.92 Å². The minimum atomic E-state index is -0.247. The monoisotopic (exact) mass is 207 g/mol. The summed E-state index contributed by atoms with van der Waals surface area (Å²) in [5, 5.41) is 0. The van der Waals surface area contributed by atoms with Gasteiger partial charge in [0.05, 0.1) is 7.11 Å². The highest BCUT2D eigenvalue weighted by Gasteiger charge is 2.15. The Morgan fingerprint density at radius 1 is 1.47 bits per heavy atom. The Hall–Kier alpha value is -1.51. The molecule has 82 valence electrons. The van der Waals surface area contributed by atoms with Gasteiger partial charge in [-0.2, -0.15) is 0 Å². The van der Waals surface area contributed by atoms with Crippen LogP contribution < -0.4 is 10.5 Å². The fourth-order valence-corrected chi connectivity index (χ4v) is 1.58. The summed E-state index contributed by atoms with van der Waals surface area (Å²) in [5.74, 6) is 0.460. The van der Waals surface area contributed by atoms with Crippen molar-refractivity contribution in [3.05, 3.63) is 29.8 Å². The van der Waals surface area contributed by atoms with Gasteiger partial charge in [0.25, 0.3) is 0 Å². The molecule has 15 heavy (non-hydrogen) atoms. The van der Waals surface area contributed by atoms with E-state index in [0.29, 0.717) is 6.42 Å². The van der Waals surface area contributed by atoms with Crippen molar-refractivity contribution in [2.45, 2.75) is 19.8 Å². The summed E-state index contributed by atoms with van der Waals surface area (Å²) in [4.78, 5) is 11.1. The van der Waals surface area contributed by atoms with Crippen molar-refractivity contribution in [1.82, 2.24) is 0 Å². The second-order valence-corrected chi connectivity index (χ2v) is 3.52. The lowest BCUT2D eigenvalue weighted by Gasteiger charge is -2.13. The normalized spacial score (nSPS) is 12.1. The first-order valence-electron chi connectivity index (χ1n) is 5.10. The van der Waals surface area contributed by atoms with E-state index in [1.807, 2.05) is 31.2 Å². The summed E-state index contributed by atoms with van der Waals surface area (Å²) in [6.07, 6.45) is 1.41. The Balaban J connectivity index is 2.82. The van der Waals surface area contributed by atoms with Crippen LogP contribution in [0.1, 0.15) is 18.9 Å². The number of methoxy groups -OCH3 is 1. The van der Waals surface area contributed by atoms with Crippen LogP contribution in [0, 0.1) is 5.92 Å². The molecule has 2 N–H and O–H groups in total. The molecule has 0 aliphatic carbocycles. The number of rotatable bonds is 5. The molecule has 0 aliphatic heterocycles. The third-order valence-electron chi connectivity index (χ3n) is 2.55. The zero-order valence-electron chi connectivity index (χ0n) is 9.19. The van der Waals surface area contributed by atoms with Crippen LogP contribution in [0.5, 0.6) is 5.75 Å². The molecular weight excluding hydrogens is 190 g/mol. The van der Waals surface area contributed by atoms with Gasteiger partial charge < -0.3 is 10.5 Å². The van der Waals surface area contributed by atoms with Crippen molar-refractivity contribution in [3.8, 4) is 5.75 Å². The van der Waals surface area contributed by atoms with Gasteiger partial charge >= 0.3 is 0 Å². The van der Waals surface area contributed by atoms with E-state index in [0.717, 1.165) is 17.7 Å². The van der Waals surface area contributed by atoms with E-state index < -0.39 is 0 Å².